The van der Waals surface area contributed by atoms with E-state index in [1.165, 1.54) is 30.3 Å². The zero-order valence-corrected chi connectivity index (χ0v) is 17.3. The van der Waals surface area contributed by atoms with Crippen molar-refractivity contribution in [3.63, 3.8) is 0 Å². The minimum absolute atomic E-state index is 0.0499. The highest BCUT2D eigenvalue weighted by molar-refractivity contribution is 7.89. The van der Waals surface area contributed by atoms with Gasteiger partial charge < -0.3 is 10.1 Å². The second-order valence-electron chi connectivity index (χ2n) is 6.69. The van der Waals surface area contributed by atoms with Crippen molar-refractivity contribution in [3.05, 3.63) is 90.0 Å². The number of nitrogens with one attached hydrogen (secondary N) is 2. The van der Waals surface area contributed by atoms with Crippen LogP contribution >= 0.6 is 0 Å². The van der Waals surface area contributed by atoms with Crippen LogP contribution in [0.1, 0.15) is 18.5 Å². The molecule has 0 saturated heterocycles. The van der Waals surface area contributed by atoms with E-state index in [4.69, 9.17) is 4.74 Å². The van der Waals surface area contributed by atoms with E-state index in [0.717, 1.165) is 17.7 Å². The van der Waals surface area contributed by atoms with Gasteiger partial charge in [0.25, 0.3) is 5.91 Å². The second-order valence-corrected chi connectivity index (χ2v) is 8.40. The average molecular weight is 446 g/mol. The summed E-state index contributed by atoms with van der Waals surface area (Å²) in [4.78, 5) is 12.0. The van der Waals surface area contributed by atoms with Crippen LogP contribution in [0.25, 0.3) is 0 Å². The molecule has 0 aliphatic rings. The molecule has 0 aliphatic carbocycles. The number of amides is 1. The molecule has 2 N–H and O–H groups in total. The molecule has 3 aromatic carbocycles. The lowest BCUT2D eigenvalue weighted by molar-refractivity contribution is -0.118. The third-order valence-corrected chi connectivity index (χ3v) is 5.90. The van der Waals surface area contributed by atoms with Crippen LogP contribution in [-0.4, -0.2) is 20.9 Å². The Hall–Kier alpha value is -3.30. The number of rotatable bonds is 8. The molecule has 0 fully saturated rings. The van der Waals surface area contributed by atoms with E-state index >= 15 is 0 Å². The highest BCUT2D eigenvalue weighted by Crippen LogP contribution is 2.20. The van der Waals surface area contributed by atoms with E-state index in [1.54, 1.807) is 6.92 Å². The predicted octanol–water partition coefficient (Wildman–Crippen LogP) is 4.02. The number of benzene rings is 3. The molecule has 0 unspecified atom stereocenters. The van der Waals surface area contributed by atoms with Gasteiger partial charge in [0.05, 0.1) is 4.90 Å². The minimum atomic E-state index is -3.75. The number of hydrogen-bond acceptors (Lipinski definition) is 4. The van der Waals surface area contributed by atoms with Crippen molar-refractivity contribution in [1.29, 1.82) is 0 Å². The zero-order chi connectivity index (χ0) is 22.4. The lowest BCUT2D eigenvalue weighted by atomic mass is 10.1. The van der Waals surface area contributed by atoms with Gasteiger partial charge in [0.2, 0.25) is 10.0 Å². The number of carbonyl (C=O) groups excluding carboxylic acids is 1. The van der Waals surface area contributed by atoms with E-state index < -0.39 is 40.2 Å². The maximum Gasteiger partial charge on any atom is 0.262 e. The van der Waals surface area contributed by atoms with Gasteiger partial charge in [-0.3, -0.25) is 4.79 Å². The minimum Gasteiger partial charge on any atom is -0.484 e. The van der Waals surface area contributed by atoms with Gasteiger partial charge in [-0.05, 0) is 48.9 Å². The summed E-state index contributed by atoms with van der Waals surface area (Å²) in [5.74, 6) is -2.40. The van der Waals surface area contributed by atoms with Crippen LogP contribution in [0.15, 0.2) is 77.7 Å². The molecule has 3 rings (SSSR count). The van der Waals surface area contributed by atoms with E-state index in [-0.39, 0.29) is 16.3 Å². The largest absolute Gasteiger partial charge is 0.484 e. The Morgan fingerprint density at radius 2 is 1.65 bits per heavy atom. The molecule has 9 heteroatoms. The average Bonchev–Trinajstić information content (AvgIpc) is 2.75. The summed E-state index contributed by atoms with van der Waals surface area (Å²) in [7, 11) is -3.75. The van der Waals surface area contributed by atoms with Crippen molar-refractivity contribution < 1.29 is 26.7 Å². The number of sulfonamides is 1. The van der Waals surface area contributed by atoms with E-state index in [1.807, 2.05) is 30.3 Å². The lowest BCUT2D eigenvalue weighted by Crippen LogP contribution is -2.26. The predicted molar refractivity (Wildman–Crippen MR) is 112 cm³/mol. The Labute approximate surface area is 178 Å². The lowest BCUT2D eigenvalue weighted by Gasteiger charge is -2.15. The van der Waals surface area contributed by atoms with Crippen molar-refractivity contribution in [3.8, 4) is 5.75 Å². The van der Waals surface area contributed by atoms with Crippen molar-refractivity contribution in [2.24, 2.45) is 0 Å². The van der Waals surface area contributed by atoms with Gasteiger partial charge in [-0.2, -0.15) is 0 Å². The molecular weight excluding hydrogens is 426 g/mol. The fraction of sp³-hybridized carbons (Fsp3) is 0.136. The van der Waals surface area contributed by atoms with Gasteiger partial charge in [0.15, 0.2) is 18.2 Å². The maximum absolute atomic E-state index is 13.2. The van der Waals surface area contributed by atoms with Crippen LogP contribution in [0.3, 0.4) is 0 Å². The van der Waals surface area contributed by atoms with Gasteiger partial charge in [0, 0.05) is 17.8 Å². The molecular formula is C22H20F2N2O4S. The summed E-state index contributed by atoms with van der Waals surface area (Å²) in [5.41, 5.74) is 0.922. The first-order chi connectivity index (χ1) is 14.7. The number of hydrogen-bond donors (Lipinski definition) is 2. The van der Waals surface area contributed by atoms with Gasteiger partial charge >= 0.3 is 0 Å². The topological polar surface area (TPSA) is 84.5 Å². The molecule has 1 atom stereocenters. The van der Waals surface area contributed by atoms with Crippen LogP contribution in [0, 0.1) is 11.6 Å². The zero-order valence-electron chi connectivity index (χ0n) is 16.5. The van der Waals surface area contributed by atoms with E-state index in [9.17, 15) is 22.0 Å². The van der Waals surface area contributed by atoms with Crippen molar-refractivity contribution in [2.75, 3.05) is 11.9 Å². The third kappa shape index (κ3) is 6.09. The fourth-order valence-electron chi connectivity index (χ4n) is 2.75. The van der Waals surface area contributed by atoms with Crippen LogP contribution in [0.4, 0.5) is 14.5 Å². The Kier molecular flexibility index (Phi) is 6.98. The Bertz CT molecular complexity index is 1150. The number of carbonyl (C=O) groups is 1. The molecule has 0 saturated carbocycles. The SMILES string of the molecule is C[C@@H](NS(=O)(=O)c1ccc(OCC(=O)Nc2ccc(F)c(F)c2)cc1)c1ccccc1. The summed E-state index contributed by atoms with van der Waals surface area (Å²) in [5, 5.41) is 2.38. The number of anilines is 1. The molecule has 6 nitrogen and oxygen atoms in total. The molecule has 0 spiro atoms. The van der Waals surface area contributed by atoms with Crippen LogP contribution in [0.2, 0.25) is 0 Å². The smallest absolute Gasteiger partial charge is 0.262 e. The number of halogens is 2. The van der Waals surface area contributed by atoms with Crippen LogP contribution in [0.5, 0.6) is 5.75 Å². The molecule has 3 aromatic rings. The highest BCUT2D eigenvalue weighted by atomic mass is 32.2. The molecule has 31 heavy (non-hydrogen) atoms. The standard InChI is InChI=1S/C22H20F2N2O4S/c1-15(16-5-3-2-4-6-16)26-31(28,29)19-10-8-18(9-11-19)30-14-22(27)25-17-7-12-20(23)21(24)13-17/h2-13,15,26H,14H2,1H3,(H,25,27)/t15-/m1/s1. The second kappa shape index (κ2) is 9.67. The molecule has 0 aliphatic heterocycles. The summed E-state index contributed by atoms with van der Waals surface area (Å²) in [6, 6.07) is 17.3. The summed E-state index contributed by atoms with van der Waals surface area (Å²) < 4.78 is 59.2. The van der Waals surface area contributed by atoms with Gasteiger partial charge in [0.1, 0.15) is 5.75 Å². The van der Waals surface area contributed by atoms with Gasteiger partial charge in [-0.1, -0.05) is 30.3 Å². The first kappa shape index (κ1) is 22.4. The van der Waals surface area contributed by atoms with E-state index in [2.05, 4.69) is 10.0 Å². The summed E-state index contributed by atoms with van der Waals surface area (Å²) >= 11 is 0. The highest BCUT2D eigenvalue weighted by Gasteiger charge is 2.18. The van der Waals surface area contributed by atoms with Crippen LogP contribution in [-0.2, 0) is 14.8 Å². The number of ether oxygens (including phenoxy) is 1. The fourth-order valence-corrected chi connectivity index (χ4v) is 3.98. The Morgan fingerprint density at radius 1 is 0.968 bits per heavy atom. The van der Waals surface area contributed by atoms with Crippen molar-refractivity contribution in [2.45, 2.75) is 17.9 Å². The third-order valence-electron chi connectivity index (χ3n) is 4.34. The van der Waals surface area contributed by atoms with Crippen LogP contribution < -0.4 is 14.8 Å². The normalized spacial score (nSPS) is 12.2. The molecule has 162 valence electrons. The molecule has 0 heterocycles. The first-order valence-corrected chi connectivity index (χ1v) is 10.8. The molecule has 0 radical (unpaired) electrons. The van der Waals surface area contributed by atoms with Gasteiger partial charge in [-0.25, -0.2) is 21.9 Å². The maximum atomic E-state index is 13.2. The summed E-state index contributed by atoms with van der Waals surface area (Å²) in [6.07, 6.45) is 0. The molecule has 0 bridgehead atoms. The monoisotopic (exact) mass is 446 g/mol. The quantitative estimate of drug-likeness (QED) is 0.547. The first-order valence-electron chi connectivity index (χ1n) is 9.29. The Balaban J connectivity index is 1.56. The van der Waals surface area contributed by atoms with Gasteiger partial charge in [-0.15, -0.1) is 0 Å². The van der Waals surface area contributed by atoms with E-state index in [0.29, 0.717) is 0 Å². The molecule has 0 aromatic heterocycles. The summed E-state index contributed by atoms with van der Waals surface area (Å²) in [6.45, 7) is 1.35. The molecule has 1 amide bonds. The van der Waals surface area contributed by atoms with Crippen molar-refractivity contribution in [1.82, 2.24) is 4.72 Å². The van der Waals surface area contributed by atoms with Crippen molar-refractivity contribution >= 4 is 21.6 Å². The Morgan fingerprint density at radius 3 is 2.29 bits per heavy atom.